The second-order valence-electron chi connectivity index (χ2n) is 11.4. The Bertz CT molecular complexity index is 1250. The smallest absolute Gasteiger partial charge is 0.409 e. The first kappa shape index (κ1) is 35.2. The van der Waals surface area contributed by atoms with Crippen LogP contribution in [0.2, 0.25) is 18.1 Å². The quantitative estimate of drug-likeness (QED) is 0.222. The summed E-state index contributed by atoms with van der Waals surface area (Å²) in [6, 6.07) is 11.0. The first-order valence-corrected chi connectivity index (χ1v) is 17.3. The lowest BCUT2D eigenvalue weighted by atomic mass is 9.94. The third-order valence-corrected chi connectivity index (χ3v) is 13.1. The van der Waals surface area contributed by atoms with Crippen LogP contribution < -0.4 is 10.6 Å². The summed E-state index contributed by atoms with van der Waals surface area (Å²) >= 11 is 0. The number of fused-ring (bicyclic) bond motifs is 1. The number of carbonyl (C=O) groups excluding carboxylic acids is 1. The minimum atomic E-state index is -5.07. The molecule has 2 aromatic rings. The van der Waals surface area contributed by atoms with Gasteiger partial charge in [0.1, 0.15) is 18.4 Å². The predicted molar refractivity (Wildman–Crippen MR) is 157 cm³/mol. The average molecular weight is 664 g/mol. The maximum absolute atomic E-state index is 13.4. The molecule has 2 aliphatic rings. The van der Waals surface area contributed by atoms with Gasteiger partial charge in [0.25, 0.3) is 0 Å². The lowest BCUT2D eigenvalue weighted by molar-refractivity contribution is -0.320. The molecule has 250 valence electrons. The van der Waals surface area contributed by atoms with E-state index < -0.39 is 80.4 Å². The molecule has 6 atom stereocenters. The molecule has 2 N–H and O–H groups in total. The van der Waals surface area contributed by atoms with Gasteiger partial charge >= 0.3 is 18.4 Å². The molecule has 0 aliphatic carbocycles. The van der Waals surface area contributed by atoms with Gasteiger partial charge in [0.15, 0.2) is 14.6 Å². The number of alkyl halides is 6. The van der Waals surface area contributed by atoms with Gasteiger partial charge in [-0.25, -0.2) is 4.79 Å². The fourth-order valence-electron chi connectivity index (χ4n) is 5.81. The third-order valence-electron chi connectivity index (χ3n) is 8.46. The van der Waals surface area contributed by atoms with Crippen molar-refractivity contribution in [2.45, 2.75) is 88.1 Å². The number of amides is 2. The van der Waals surface area contributed by atoms with E-state index in [9.17, 15) is 31.1 Å². The molecule has 2 aromatic carbocycles. The first-order chi connectivity index (χ1) is 21.1. The van der Waals surface area contributed by atoms with Gasteiger partial charge in [-0.1, -0.05) is 51.1 Å². The second-order valence-corrected chi connectivity index (χ2v) is 16.2. The van der Waals surface area contributed by atoms with Gasteiger partial charge in [-0.3, -0.25) is 4.90 Å². The van der Waals surface area contributed by atoms with E-state index in [1.54, 1.807) is 19.0 Å². The van der Waals surface area contributed by atoms with Crippen LogP contribution in [0, 0.1) is 0 Å². The molecule has 2 aliphatic heterocycles. The number of urea groups is 1. The normalized spacial score (nSPS) is 26.0. The molecule has 2 saturated heterocycles. The summed E-state index contributed by atoms with van der Waals surface area (Å²) in [4.78, 5) is 15.0. The summed E-state index contributed by atoms with van der Waals surface area (Å²) < 4.78 is 106. The van der Waals surface area contributed by atoms with E-state index in [-0.39, 0.29) is 12.7 Å². The van der Waals surface area contributed by atoms with Crippen LogP contribution in [0.4, 0.5) is 36.8 Å². The Balaban J connectivity index is 1.64. The monoisotopic (exact) mass is 663 g/mol. The fraction of sp³-hybridized carbons (Fsp3) is 0.567. The van der Waals surface area contributed by atoms with E-state index in [0.717, 1.165) is 23.7 Å². The van der Waals surface area contributed by atoms with Gasteiger partial charge in [0.05, 0.1) is 29.9 Å². The fourth-order valence-corrected chi connectivity index (χ4v) is 8.66. The van der Waals surface area contributed by atoms with E-state index >= 15 is 0 Å². The molecule has 8 nitrogen and oxygen atoms in total. The topological polar surface area (TPSA) is 81.3 Å². The Morgan fingerprint density at radius 1 is 0.933 bits per heavy atom. The summed E-state index contributed by atoms with van der Waals surface area (Å²) in [5.41, 5.74) is -2.97. The number of ether oxygens (including phenoxy) is 3. The molecule has 4 rings (SSSR count). The van der Waals surface area contributed by atoms with E-state index in [1.165, 1.54) is 0 Å². The van der Waals surface area contributed by atoms with Crippen LogP contribution in [-0.4, -0.2) is 70.5 Å². The minimum Gasteiger partial charge on any atom is -0.409 e. The van der Waals surface area contributed by atoms with Crippen molar-refractivity contribution in [3.8, 4) is 0 Å². The van der Waals surface area contributed by atoms with Gasteiger partial charge in [-0.15, -0.1) is 0 Å². The van der Waals surface area contributed by atoms with Gasteiger partial charge in [-0.2, -0.15) is 26.3 Å². The van der Waals surface area contributed by atoms with Crippen LogP contribution in [-0.2, 0) is 31.0 Å². The largest absolute Gasteiger partial charge is 0.416 e. The molecule has 15 heteroatoms. The maximum Gasteiger partial charge on any atom is 0.416 e. The standard InChI is InChI=1S/C30H39F6N3O5Si/c1-6-45(7-2,8-3)44-25-23(39(4)5)26(42-22-17-41-27(43-24(22)25)18-12-10-9-11-13-18)38-28(40)37-21-15-19(29(31,32)33)14-20(16-21)30(34,35)36/h9-16,22-27H,6-8,17H2,1-5H3,(H2,37,38,40)/t22-,23-,24-,25-,26-,27?/m1/s1. The summed E-state index contributed by atoms with van der Waals surface area (Å²) in [6.07, 6.45) is -13.8. The van der Waals surface area contributed by atoms with Crippen LogP contribution in [0.15, 0.2) is 48.5 Å². The molecule has 2 fully saturated rings. The molecule has 0 aromatic heterocycles. The maximum atomic E-state index is 13.4. The highest BCUT2D eigenvalue weighted by molar-refractivity contribution is 6.73. The number of halogens is 6. The van der Waals surface area contributed by atoms with E-state index in [1.807, 2.05) is 30.3 Å². The summed E-state index contributed by atoms with van der Waals surface area (Å²) in [6.45, 7) is 6.31. The molecule has 2 heterocycles. The number of hydrogen-bond donors (Lipinski definition) is 2. The van der Waals surface area contributed by atoms with Gasteiger partial charge in [-0.05, 0) is 50.4 Å². The Labute approximate surface area is 259 Å². The number of nitrogens with zero attached hydrogens (tertiary/aromatic N) is 1. The highest BCUT2D eigenvalue weighted by Crippen LogP contribution is 2.40. The lowest BCUT2D eigenvalue weighted by Gasteiger charge is -2.53. The van der Waals surface area contributed by atoms with Crippen LogP contribution in [0.5, 0.6) is 0 Å². The number of anilines is 1. The van der Waals surface area contributed by atoms with Crippen molar-refractivity contribution in [3.05, 3.63) is 65.2 Å². The number of benzene rings is 2. The summed E-state index contributed by atoms with van der Waals surface area (Å²) in [7, 11) is 1.24. The Morgan fingerprint density at radius 3 is 2.02 bits per heavy atom. The number of rotatable bonds is 9. The van der Waals surface area contributed by atoms with Crippen molar-refractivity contribution in [1.82, 2.24) is 10.2 Å². The van der Waals surface area contributed by atoms with Gasteiger partial charge < -0.3 is 29.3 Å². The molecule has 2 amide bonds. The Morgan fingerprint density at radius 2 is 1.51 bits per heavy atom. The third kappa shape index (κ3) is 8.18. The predicted octanol–water partition coefficient (Wildman–Crippen LogP) is 7.01. The number of nitrogens with one attached hydrogen (secondary N) is 2. The summed E-state index contributed by atoms with van der Waals surface area (Å²) in [5, 5.41) is 4.74. The molecule has 0 radical (unpaired) electrons. The SMILES string of the molecule is CC[Si](CC)(CC)O[C@H]1[C@@H]2OC(c3ccccc3)OC[C@H]2O[C@@H](NC(=O)Nc2cc(C(F)(F)F)cc(C(F)(F)F)c2)[C@@H]1N(C)C. The molecule has 0 saturated carbocycles. The molecule has 45 heavy (non-hydrogen) atoms. The van der Waals surface area contributed by atoms with Crippen molar-refractivity contribution >= 4 is 20.0 Å². The van der Waals surface area contributed by atoms with Crippen LogP contribution in [0.1, 0.15) is 43.8 Å². The van der Waals surface area contributed by atoms with E-state index in [0.29, 0.717) is 12.1 Å². The lowest BCUT2D eigenvalue weighted by Crippen LogP contribution is -2.71. The Kier molecular flexibility index (Phi) is 10.9. The Hall–Kier alpha value is -2.69. The molecule has 1 unspecified atom stereocenters. The van der Waals surface area contributed by atoms with E-state index in [2.05, 4.69) is 31.4 Å². The van der Waals surface area contributed by atoms with Gasteiger partial charge in [0, 0.05) is 11.3 Å². The molecule has 0 bridgehead atoms. The van der Waals surface area contributed by atoms with Crippen LogP contribution >= 0.6 is 0 Å². The van der Waals surface area contributed by atoms with Crippen molar-refractivity contribution < 1.29 is 49.8 Å². The molecule has 0 spiro atoms. The first-order valence-electron chi connectivity index (χ1n) is 14.8. The van der Waals surface area contributed by atoms with Crippen molar-refractivity contribution in [1.29, 1.82) is 0 Å². The average Bonchev–Trinajstić information content (AvgIpc) is 2.98. The highest BCUT2D eigenvalue weighted by atomic mass is 28.4. The molecular formula is C30H39F6N3O5Si. The van der Waals surface area contributed by atoms with Crippen LogP contribution in [0.25, 0.3) is 0 Å². The summed E-state index contributed by atoms with van der Waals surface area (Å²) in [5.74, 6) is 0. The zero-order valence-corrected chi connectivity index (χ0v) is 26.7. The van der Waals surface area contributed by atoms with Crippen molar-refractivity contribution in [2.24, 2.45) is 0 Å². The number of hydrogen-bond acceptors (Lipinski definition) is 6. The van der Waals surface area contributed by atoms with Gasteiger partial charge in [0.2, 0.25) is 0 Å². The van der Waals surface area contributed by atoms with Crippen molar-refractivity contribution in [3.63, 3.8) is 0 Å². The van der Waals surface area contributed by atoms with E-state index in [4.69, 9.17) is 18.6 Å². The second kappa shape index (κ2) is 14.0. The zero-order chi connectivity index (χ0) is 33.2. The van der Waals surface area contributed by atoms with Crippen molar-refractivity contribution in [2.75, 3.05) is 26.0 Å². The number of carbonyl (C=O) groups is 1. The highest BCUT2D eigenvalue weighted by Gasteiger charge is 2.53. The zero-order valence-electron chi connectivity index (χ0n) is 25.7. The number of likely N-dealkylation sites (N-methyl/N-ethyl adjacent to an activating group) is 1. The minimum absolute atomic E-state index is 0.00536. The molecular weight excluding hydrogens is 624 g/mol. The van der Waals surface area contributed by atoms with Crippen LogP contribution in [0.3, 0.4) is 0 Å².